The number of amides is 1. The number of Topliss-reactive ketones (excluding diaryl/α,β-unsaturated/α-hetero) is 1. The monoisotopic (exact) mass is 413 g/mol. The fraction of sp³-hybridized carbons (Fsp3) is 0.611. The molecule has 10 heteroatoms. The second-order valence-corrected chi connectivity index (χ2v) is 9.59. The maximum absolute atomic E-state index is 13.0. The summed E-state index contributed by atoms with van der Waals surface area (Å²) in [7, 11) is -3.57. The van der Waals surface area contributed by atoms with Crippen LogP contribution in [0.1, 0.15) is 55.4 Å². The zero-order valence-electron chi connectivity index (χ0n) is 16.7. The van der Waals surface area contributed by atoms with E-state index >= 15 is 0 Å². The van der Waals surface area contributed by atoms with Crippen LogP contribution in [-0.4, -0.2) is 59.5 Å². The van der Waals surface area contributed by atoms with E-state index in [0.717, 1.165) is 11.9 Å². The van der Waals surface area contributed by atoms with Gasteiger partial charge in [-0.2, -0.15) is 13.5 Å². The van der Waals surface area contributed by atoms with Gasteiger partial charge in [0, 0.05) is 24.9 Å². The largest absolute Gasteiger partial charge is 0.465 e. The molecule has 0 aromatic carbocycles. The van der Waals surface area contributed by atoms with Gasteiger partial charge in [-0.1, -0.05) is 6.58 Å². The highest BCUT2D eigenvalue weighted by molar-refractivity contribution is 7.86. The van der Waals surface area contributed by atoms with E-state index in [0.29, 0.717) is 29.8 Å². The summed E-state index contributed by atoms with van der Waals surface area (Å²) in [6, 6.07) is 0. The quantitative estimate of drug-likeness (QED) is 0.413. The number of ketones is 1. The van der Waals surface area contributed by atoms with E-state index in [1.807, 2.05) is 20.8 Å². The highest BCUT2D eigenvalue weighted by Crippen LogP contribution is 2.28. The van der Waals surface area contributed by atoms with E-state index in [9.17, 15) is 23.1 Å². The lowest BCUT2D eigenvalue weighted by molar-refractivity contribution is 0.0960. The molecule has 1 aliphatic heterocycles. The summed E-state index contributed by atoms with van der Waals surface area (Å²) in [5.74, 6) is -0.184. The molecule has 0 bridgehead atoms. The minimum atomic E-state index is -3.57. The predicted molar refractivity (Wildman–Crippen MR) is 103 cm³/mol. The van der Waals surface area contributed by atoms with Crippen LogP contribution in [0, 0.1) is 0 Å². The van der Waals surface area contributed by atoms with Crippen LogP contribution in [0.3, 0.4) is 0 Å². The summed E-state index contributed by atoms with van der Waals surface area (Å²) in [6.45, 7) is 9.83. The van der Waals surface area contributed by atoms with E-state index in [1.54, 1.807) is 4.68 Å². The molecule has 0 spiro atoms. The second-order valence-electron chi connectivity index (χ2n) is 7.95. The van der Waals surface area contributed by atoms with Crippen LogP contribution in [0.2, 0.25) is 0 Å². The van der Waals surface area contributed by atoms with Crippen molar-refractivity contribution in [3.63, 3.8) is 0 Å². The van der Waals surface area contributed by atoms with Crippen LogP contribution in [0.4, 0.5) is 4.79 Å². The number of carbonyl (C=O) groups excluding carboxylic acids is 1. The molecular formula is C18H27N3O6S. The number of carboxylic acid groups (broad SMARTS) is 1. The number of aromatic nitrogens is 2. The maximum Gasteiger partial charge on any atom is 0.407 e. The van der Waals surface area contributed by atoms with Crippen molar-refractivity contribution in [2.45, 2.75) is 52.1 Å². The van der Waals surface area contributed by atoms with E-state index in [2.05, 4.69) is 11.7 Å². The van der Waals surface area contributed by atoms with Gasteiger partial charge in [0.2, 0.25) is 0 Å². The molecule has 9 nitrogen and oxygen atoms in total. The molecule has 1 aliphatic rings. The van der Waals surface area contributed by atoms with Crippen molar-refractivity contribution in [1.82, 2.24) is 14.7 Å². The van der Waals surface area contributed by atoms with Gasteiger partial charge >= 0.3 is 6.09 Å². The molecule has 1 N–H and O–H groups in total. The average molecular weight is 413 g/mol. The SMILES string of the molecule is C=C(CCC(=O)c1c2c(nn1C(C)(C)C)CCN(C(=O)O)C2)COS(C)(=O)=O. The number of fused-ring (bicyclic) bond motifs is 1. The zero-order chi connectivity index (χ0) is 21.3. The number of rotatable bonds is 7. The van der Waals surface area contributed by atoms with Gasteiger partial charge < -0.3 is 10.0 Å². The van der Waals surface area contributed by atoms with Crippen LogP contribution >= 0.6 is 0 Å². The summed E-state index contributed by atoms with van der Waals surface area (Å²) in [5.41, 5.74) is 1.83. The molecule has 0 atom stereocenters. The first-order valence-electron chi connectivity index (χ1n) is 8.93. The third-order valence-corrected chi connectivity index (χ3v) is 4.93. The molecular weight excluding hydrogens is 386 g/mol. The van der Waals surface area contributed by atoms with Crippen molar-refractivity contribution in [2.24, 2.45) is 0 Å². The molecule has 0 saturated carbocycles. The first kappa shape index (κ1) is 22.1. The highest BCUT2D eigenvalue weighted by Gasteiger charge is 2.33. The van der Waals surface area contributed by atoms with Crippen molar-refractivity contribution in [3.05, 3.63) is 29.1 Å². The Morgan fingerprint density at radius 1 is 1.29 bits per heavy atom. The molecule has 0 aliphatic carbocycles. The third kappa shape index (κ3) is 5.41. The summed E-state index contributed by atoms with van der Waals surface area (Å²) < 4.78 is 28.5. The number of hydrogen-bond donors (Lipinski definition) is 1. The fourth-order valence-electron chi connectivity index (χ4n) is 2.98. The van der Waals surface area contributed by atoms with E-state index in [1.165, 1.54) is 4.90 Å². The molecule has 156 valence electrons. The molecule has 1 amide bonds. The molecule has 1 aromatic rings. The Kier molecular flexibility index (Phi) is 6.34. The molecule has 2 rings (SSSR count). The van der Waals surface area contributed by atoms with Gasteiger partial charge in [0.15, 0.2) is 5.78 Å². The summed E-state index contributed by atoms with van der Waals surface area (Å²) in [5, 5.41) is 13.9. The lowest BCUT2D eigenvalue weighted by atomic mass is 9.99. The molecule has 0 saturated heterocycles. The Morgan fingerprint density at radius 3 is 2.46 bits per heavy atom. The highest BCUT2D eigenvalue weighted by atomic mass is 32.2. The van der Waals surface area contributed by atoms with Gasteiger partial charge in [-0.3, -0.25) is 13.7 Å². The van der Waals surface area contributed by atoms with E-state index < -0.39 is 21.8 Å². The smallest absolute Gasteiger partial charge is 0.407 e. The standard InChI is InChI=1S/C18H27N3O6S/c1-12(11-27-28(5,25)26)6-7-15(22)16-13-10-20(17(23)24)9-8-14(13)19-21(16)18(2,3)4/h1,6-11H2,2-5H3,(H,23,24). The van der Waals surface area contributed by atoms with Gasteiger partial charge in [0.05, 0.1) is 30.6 Å². The summed E-state index contributed by atoms with van der Waals surface area (Å²) in [4.78, 5) is 25.6. The van der Waals surface area contributed by atoms with Gasteiger partial charge in [-0.15, -0.1) is 0 Å². The van der Waals surface area contributed by atoms with Crippen LogP contribution in [0.15, 0.2) is 12.2 Å². The maximum atomic E-state index is 13.0. The van der Waals surface area contributed by atoms with Crippen molar-refractivity contribution < 1.29 is 27.3 Å². The minimum Gasteiger partial charge on any atom is -0.465 e. The molecule has 0 unspecified atom stereocenters. The van der Waals surface area contributed by atoms with Crippen LogP contribution in [-0.2, 0) is 32.8 Å². The molecule has 2 heterocycles. The van der Waals surface area contributed by atoms with E-state index in [4.69, 9.17) is 4.18 Å². The Hall–Kier alpha value is -2.20. The van der Waals surface area contributed by atoms with Gasteiger partial charge in [-0.05, 0) is 32.8 Å². The number of nitrogens with zero attached hydrogens (tertiary/aromatic N) is 3. The van der Waals surface area contributed by atoms with Crippen LogP contribution in [0.5, 0.6) is 0 Å². The summed E-state index contributed by atoms with van der Waals surface area (Å²) in [6.07, 6.45) is 0.751. The fourth-order valence-corrected chi connectivity index (χ4v) is 3.36. The van der Waals surface area contributed by atoms with Gasteiger partial charge in [-0.25, -0.2) is 4.79 Å². The normalized spacial score (nSPS) is 14.6. The number of carbonyl (C=O) groups is 2. The Bertz CT molecular complexity index is 895. The topological polar surface area (TPSA) is 119 Å². The minimum absolute atomic E-state index is 0.104. The van der Waals surface area contributed by atoms with E-state index in [-0.39, 0.29) is 31.8 Å². The van der Waals surface area contributed by atoms with Crippen molar-refractivity contribution >= 4 is 22.0 Å². The van der Waals surface area contributed by atoms with Crippen molar-refractivity contribution in [1.29, 1.82) is 0 Å². The molecule has 28 heavy (non-hydrogen) atoms. The van der Waals surface area contributed by atoms with Crippen molar-refractivity contribution in [3.8, 4) is 0 Å². The molecule has 0 fully saturated rings. The lowest BCUT2D eigenvalue weighted by Crippen LogP contribution is -2.35. The third-order valence-electron chi connectivity index (χ3n) is 4.39. The average Bonchev–Trinajstić information content (AvgIpc) is 2.96. The molecule has 1 aromatic heterocycles. The first-order valence-corrected chi connectivity index (χ1v) is 10.7. The lowest BCUT2D eigenvalue weighted by Gasteiger charge is -2.24. The van der Waals surface area contributed by atoms with Crippen LogP contribution < -0.4 is 0 Å². The first-order chi connectivity index (χ1) is 12.8. The van der Waals surface area contributed by atoms with Crippen molar-refractivity contribution in [2.75, 3.05) is 19.4 Å². The Morgan fingerprint density at radius 2 is 1.93 bits per heavy atom. The second kappa shape index (κ2) is 8.04. The summed E-state index contributed by atoms with van der Waals surface area (Å²) >= 11 is 0. The van der Waals surface area contributed by atoms with Gasteiger partial charge in [0.1, 0.15) is 5.69 Å². The van der Waals surface area contributed by atoms with Gasteiger partial charge in [0.25, 0.3) is 10.1 Å². The predicted octanol–water partition coefficient (Wildman–Crippen LogP) is 2.17. The Labute approximate surface area is 165 Å². The molecule has 0 radical (unpaired) electrons. The Balaban J connectivity index is 2.23. The zero-order valence-corrected chi connectivity index (χ0v) is 17.5. The van der Waals surface area contributed by atoms with Crippen LogP contribution in [0.25, 0.3) is 0 Å². The number of hydrogen-bond acceptors (Lipinski definition) is 6.